The maximum absolute atomic E-state index is 11.8. The zero-order chi connectivity index (χ0) is 13.8. The Morgan fingerprint density at radius 1 is 1.05 bits per heavy atom. The maximum atomic E-state index is 11.8. The van der Waals surface area contributed by atoms with Gasteiger partial charge in [0.1, 0.15) is 4.88 Å². The number of carbonyl (C=O) groups excluding carboxylic acids is 2. The van der Waals surface area contributed by atoms with E-state index >= 15 is 0 Å². The third kappa shape index (κ3) is 3.99. The van der Waals surface area contributed by atoms with Gasteiger partial charge in [-0.1, -0.05) is 28.1 Å². The number of rotatable bonds is 4. The normalized spacial score (nSPS) is 10.2. The van der Waals surface area contributed by atoms with Crippen LogP contribution in [0.1, 0.15) is 20.0 Å². The summed E-state index contributed by atoms with van der Waals surface area (Å²) >= 11 is 7.82. The van der Waals surface area contributed by atoms with Crippen LogP contribution in [0.4, 0.5) is 0 Å². The zero-order valence-corrected chi connectivity index (χ0v) is 13.5. The summed E-state index contributed by atoms with van der Waals surface area (Å²) in [6.07, 6.45) is 0. The average molecular weight is 404 g/mol. The van der Waals surface area contributed by atoms with Gasteiger partial charge in [0, 0.05) is 10.0 Å². The van der Waals surface area contributed by atoms with E-state index < -0.39 is 5.97 Å². The zero-order valence-electron chi connectivity index (χ0n) is 9.56. The van der Waals surface area contributed by atoms with Crippen LogP contribution in [0.5, 0.6) is 0 Å². The molecule has 1 aromatic heterocycles. The molecule has 1 aromatic carbocycles. The summed E-state index contributed by atoms with van der Waals surface area (Å²) < 4.78 is 6.72. The Morgan fingerprint density at radius 3 is 2.32 bits per heavy atom. The first-order chi connectivity index (χ1) is 9.06. The van der Waals surface area contributed by atoms with Gasteiger partial charge in [0.2, 0.25) is 0 Å². The summed E-state index contributed by atoms with van der Waals surface area (Å²) in [5.74, 6) is -0.711. The Morgan fingerprint density at radius 2 is 1.74 bits per heavy atom. The molecule has 3 nitrogen and oxygen atoms in total. The van der Waals surface area contributed by atoms with Gasteiger partial charge in [0.15, 0.2) is 12.4 Å². The Bertz CT molecular complexity index is 605. The van der Waals surface area contributed by atoms with Gasteiger partial charge < -0.3 is 4.74 Å². The van der Waals surface area contributed by atoms with Crippen molar-refractivity contribution in [2.45, 2.75) is 0 Å². The van der Waals surface area contributed by atoms with Crippen molar-refractivity contribution in [1.82, 2.24) is 0 Å². The quantitative estimate of drug-likeness (QED) is 0.564. The number of thiophene rings is 1. The van der Waals surface area contributed by atoms with E-state index in [9.17, 15) is 9.59 Å². The van der Waals surface area contributed by atoms with Crippen LogP contribution in [0.15, 0.2) is 44.7 Å². The van der Waals surface area contributed by atoms with Crippen molar-refractivity contribution >= 4 is 54.9 Å². The van der Waals surface area contributed by atoms with Crippen molar-refractivity contribution < 1.29 is 14.3 Å². The highest BCUT2D eigenvalue weighted by atomic mass is 79.9. The molecule has 6 heteroatoms. The lowest BCUT2D eigenvalue weighted by molar-refractivity contribution is 0.0479. The number of hydrogen-bond acceptors (Lipinski definition) is 4. The van der Waals surface area contributed by atoms with Gasteiger partial charge >= 0.3 is 5.97 Å². The fourth-order valence-electron chi connectivity index (χ4n) is 1.35. The second kappa shape index (κ2) is 6.45. The molecule has 0 aliphatic rings. The Hall–Kier alpha value is -0.980. The van der Waals surface area contributed by atoms with Gasteiger partial charge in [-0.05, 0) is 40.2 Å². The number of benzene rings is 1. The topological polar surface area (TPSA) is 43.4 Å². The van der Waals surface area contributed by atoms with Gasteiger partial charge in [-0.15, -0.1) is 11.3 Å². The van der Waals surface area contributed by atoms with E-state index in [2.05, 4.69) is 31.9 Å². The van der Waals surface area contributed by atoms with Gasteiger partial charge in [-0.2, -0.15) is 0 Å². The Labute approximate surface area is 130 Å². The second-order valence-electron chi connectivity index (χ2n) is 3.61. The molecule has 2 aromatic rings. The lowest BCUT2D eigenvalue weighted by Gasteiger charge is -2.03. The predicted octanol–water partition coefficient (Wildman–Crippen LogP) is 4.31. The van der Waals surface area contributed by atoms with Crippen molar-refractivity contribution in [2.24, 2.45) is 0 Å². The lowest BCUT2D eigenvalue weighted by atomic mass is 10.1. The third-order valence-electron chi connectivity index (χ3n) is 2.27. The molecule has 98 valence electrons. The number of esters is 1. The van der Waals surface area contributed by atoms with Crippen LogP contribution >= 0.6 is 43.2 Å². The summed E-state index contributed by atoms with van der Waals surface area (Å²) in [6.45, 7) is -0.254. The highest BCUT2D eigenvalue weighted by Crippen LogP contribution is 2.22. The second-order valence-corrected chi connectivity index (χ2v) is 6.99. The molecule has 19 heavy (non-hydrogen) atoms. The van der Waals surface area contributed by atoms with Crippen LogP contribution in [-0.4, -0.2) is 18.4 Å². The standard InChI is InChI=1S/C13H8Br2O3S/c14-9-3-1-8(2-4-9)10(16)7-18-13(17)11-5-6-12(15)19-11/h1-6H,7H2. The summed E-state index contributed by atoms with van der Waals surface area (Å²) in [7, 11) is 0. The summed E-state index contributed by atoms with van der Waals surface area (Å²) in [5, 5.41) is 0. The number of hydrogen-bond donors (Lipinski definition) is 0. The minimum Gasteiger partial charge on any atom is -0.453 e. The van der Waals surface area contributed by atoms with Crippen molar-refractivity contribution in [1.29, 1.82) is 0 Å². The fourth-order valence-corrected chi connectivity index (χ4v) is 2.89. The highest BCUT2D eigenvalue weighted by Gasteiger charge is 2.13. The number of halogens is 2. The molecule has 0 aliphatic carbocycles. The molecule has 2 rings (SSSR count). The molecule has 0 amide bonds. The van der Waals surface area contributed by atoms with E-state index in [1.54, 1.807) is 36.4 Å². The van der Waals surface area contributed by atoms with Crippen molar-refractivity contribution in [2.75, 3.05) is 6.61 Å². The summed E-state index contributed by atoms with van der Waals surface area (Å²) in [5.41, 5.74) is 0.517. The molecule has 0 bridgehead atoms. The van der Waals surface area contributed by atoms with Crippen LogP contribution in [0.25, 0.3) is 0 Å². The van der Waals surface area contributed by atoms with E-state index in [4.69, 9.17) is 4.74 Å². The summed E-state index contributed by atoms with van der Waals surface area (Å²) in [6, 6.07) is 10.3. The molecule has 0 saturated heterocycles. The van der Waals surface area contributed by atoms with Gasteiger partial charge in [-0.25, -0.2) is 4.79 Å². The SMILES string of the molecule is O=C(COC(=O)c1ccc(Br)s1)c1ccc(Br)cc1. The summed E-state index contributed by atoms with van der Waals surface area (Å²) in [4.78, 5) is 23.9. The first-order valence-corrected chi connectivity index (χ1v) is 7.68. The maximum Gasteiger partial charge on any atom is 0.348 e. The lowest BCUT2D eigenvalue weighted by Crippen LogP contribution is -2.13. The van der Waals surface area contributed by atoms with E-state index in [0.29, 0.717) is 10.4 Å². The van der Waals surface area contributed by atoms with Crippen LogP contribution < -0.4 is 0 Å². The average Bonchev–Trinajstić information content (AvgIpc) is 2.83. The van der Waals surface area contributed by atoms with E-state index in [0.717, 1.165) is 8.26 Å². The molecular weight excluding hydrogens is 396 g/mol. The van der Waals surface area contributed by atoms with Gasteiger partial charge in [0.25, 0.3) is 0 Å². The number of carbonyl (C=O) groups is 2. The Kier molecular flexibility index (Phi) is 4.90. The molecule has 0 radical (unpaired) electrons. The monoisotopic (exact) mass is 402 g/mol. The molecule has 0 saturated carbocycles. The Balaban J connectivity index is 1.93. The largest absolute Gasteiger partial charge is 0.453 e. The van der Waals surface area contributed by atoms with Crippen LogP contribution in [0.3, 0.4) is 0 Å². The molecule has 0 unspecified atom stereocenters. The minimum atomic E-state index is -0.485. The van der Waals surface area contributed by atoms with E-state index in [-0.39, 0.29) is 12.4 Å². The van der Waals surface area contributed by atoms with Crippen molar-refractivity contribution in [3.63, 3.8) is 0 Å². The van der Waals surface area contributed by atoms with Crippen LogP contribution in [0, 0.1) is 0 Å². The third-order valence-corrected chi connectivity index (χ3v) is 4.41. The highest BCUT2D eigenvalue weighted by molar-refractivity contribution is 9.11. The smallest absolute Gasteiger partial charge is 0.348 e. The number of ether oxygens (including phenoxy) is 1. The van der Waals surface area contributed by atoms with E-state index in [1.165, 1.54) is 11.3 Å². The molecule has 0 aliphatic heterocycles. The molecule has 0 spiro atoms. The van der Waals surface area contributed by atoms with Crippen LogP contribution in [0.2, 0.25) is 0 Å². The van der Waals surface area contributed by atoms with Crippen LogP contribution in [-0.2, 0) is 4.74 Å². The molecule has 0 fully saturated rings. The number of ketones is 1. The van der Waals surface area contributed by atoms with Crippen molar-refractivity contribution in [3.8, 4) is 0 Å². The first kappa shape index (κ1) is 14.4. The van der Waals surface area contributed by atoms with Gasteiger partial charge in [-0.3, -0.25) is 4.79 Å². The molecule has 0 N–H and O–H groups in total. The van der Waals surface area contributed by atoms with Crippen molar-refractivity contribution in [3.05, 3.63) is 55.1 Å². The predicted molar refractivity (Wildman–Crippen MR) is 80.8 cm³/mol. The van der Waals surface area contributed by atoms with Gasteiger partial charge in [0.05, 0.1) is 3.79 Å². The molecule has 1 heterocycles. The number of Topliss-reactive ketones (excluding diaryl/α,β-unsaturated/α-hetero) is 1. The molecular formula is C13H8Br2O3S. The van der Waals surface area contributed by atoms with E-state index in [1.807, 2.05) is 0 Å². The fraction of sp³-hybridized carbons (Fsp3) is 0.0769. The minimum absolute atomic E-state index is 0.225. The first-order valence-electron chi connectivity index (χ1n) is 5.27. The molecule has 0 atom stereocenters.